The van der Waals surface area contributed by atoms with Crippen LogP contribution in [-0.2, 0) is 6.42 Å². The molecule has 0 radical (unpaired) electrons. The van der Waals surface area contributed by atoms with Crippen LogP contribution < -0.4 is 9.47 Å². The summed E-state index contributed by atoms with van der Waals surface area (Å²) in [5, 5.41) is 0. The van der Waals surface area contributed by atoms with Crippen LogP contribution in [0.1, 0.15) is 12.5 Å². The number of aryl methyl sites for hydroxylation is 1. The summed E-state index contributed by atoms with van der Waals surface area (Å²) in [5.74, 6) is 1.80. The van der Waals surface area contributed by atoms with Gasteiger partial charge in [0, 0.05) is 4.47 Å². The van der Waals surface area contributed by atoms with E-state index in [9.17, 15) is 0 Å². The van der Waals surface area contributed by atoms with Gasteiger partial charge in [0.05, 0.1) is 0 Å². The summed E-state index contributed by atoms with van der Waals surface area (Å²) in [6.07, 6.45) is 0.975. The molecule has 0 heterocycles. The molecule has 0 fully saturated rings. The molecule has 0 aliphatic carbocycles. The monoisotopic (exact) mass is 320 g/mol. The van der Waals surface area contributed by atoms with E-state index in [1.807, 2.05) is 42.5 Å². The highest BCUT2D eigenvalue weighted by atomic mass is 79.9. The van der Waals surface area contributed by atoms with Crippen molar-refractivity contribution in [3.8, 4) is 11.5 Å². The summed E-state index contributed by atoms with van der Waals surface area (Å²) in [7, 11) is 0. The normalized spacial score (nSPS) is 10.2. The van der Waals surface area contributed by atoms with E-state index in [1.165, 1.54) is 5.56 Å². The third-order valence-corrected chi connectivity index (χ3v) is 3.25. The van der Waals surface area contributed by atoms with Crippen LogP contribution in [0.15, 0.2) is 53.0 Å². The summed E-state index contributed by atoms with van der Waals surface area (Å²) >= 11 is 3.42. The second-order valence-corrected chi connectivity index (χ2v) is 5.03. The van der Waals surface area contributed by atoms with Crippen molar-refractivity contribution in [2.24, 2.45) is 0 Å². The number of halogens is 1. The topological polar surface area (TPSA) is 18.5 Å². The number of benzene rings is 2. The third-order valence-electron chi connectivity index (χ3n) is 2.76. The second-order valence-electron chi connectivity index (χ2n) is 4.12. The molecule has 0 spiro atoms. The highest BCUT2D eigenvalue weighted by Gasteiger charge is 2.00. The van der Waals surface area contributed by atoms with Gasteiger partial charge in [-0.2, -0.15) is 0 Å². The van der Waals surface area contributed by atoms with Crippen LogP contribution in [0.3, 0.4) is 0 Å². The molecule has 0 aliphatic heterocycles. The van der Waals surface area contributed by atoms with Crippen LogP contribution in [0.25, 0.3) is 0 Å². The molecule has 2 rings (SSSR count). The maximum Gasteiger partial charge on any atom is 0.122 e. The Balaban J connectivity index is 1.81. The summed E-state index contributed by atoms with van der Waals surface area (Å²) in [6, 6.07) is 15.9. The molecule has 0 aliphatic rings. The van der Waals surface area contributed by atoms with Crippen LogP contribution in [0, 0.1) is 0 Å². The van der Waals surface area contributed by atoms with Crippen LogP contribution in [0.5, 0.6) is 11.5 Å². The minimum absolute atomic E-state index is 0.536. The Hall–Kier alpha value is -1.48. The summed E-state index contributed by atoms with van der Waals surface area (Å²) in [6.45, 7) is 3.21. The lowest BCUT2D eigenvalue weighted by molar-refractivity contribution is 0.216. The standard InChI is InChI=1S/C16H17BrO2/c1-2-13-6-3-4-9-16(13)19-11-10-18-15-8-5-7-14(17)12-15/h3-9,12H,2,10-11H2,1H3. The van der Waals surface area contributed by atoms with Crippen molar-refractivity contribution in [2.45, 2.75) is 13.3 Å². The first-order valence-corrected chi connectivity index (χ1v) is 7.18. The smallest absolute Gasteiger partial charge is 0.122 e. The zero-order valence-corrected chi connectivity index (χ0v) is 12.5. The fourth-order valence-corrected chi connectivity index (χ4v) is 2.18. The highest BCUT2D eigenvalue weighted by molar-refractivity contribution is 9.10. The van der Waals surface area contributed by atoms with Crippen molar-refractivity contribution >= 4 is 15.9 Å². The Morgan fingerprint density at radius 3 is 2.53 bits per heavy atom. The molecule has 0 saturated carbocycles. The number of rotatable bonds is 6. The Morgan fingerprint density at radius 1 is 0.947 bits per heavy atom. The van der Waals surface area contributed by atoms with E-state index in [-0.39, 0.29) is 0 Å². The molecule has 19 heavy (non-hydrogen) atoms. The van der Waals surface area contributed by atoms with Gasteiger partial charge in [0.25, 0.3) is 0 Å². The van der Waals surface area contributed by atoms with E-state index in [0.29, 0.717) is 13.2 Å². The lowest BCUT2D eigenvalue weighted by Crippen LogP contribution is -2.09. The average Bonchev–Trinajstić information content (AvgIpc) is 2.44. The first kappa shape index (κ1) is 13.9. The van der Waals surface area contributed by atoms with Crippen molar-refractivity contribution in [1.29, 1.82) is 0 Å². The molecule has 3 heteroatoms. The second kappa shape index (κ2) is 7.19. The number of para-hydroxylation sites is 1. The van der Waals surface area contributed by atoms with E-state index in [2.05, 4.69) is 28.9 Å². The molecule has 0 unspecified atom stereocenters. The quantitative estimate of drug-likeness (QED) is 0.731. The van der Waals surface area contributed by atoms with Crippen molar-refractivity contribution in [2.75, 3.05) is 13.2 Å². The van der Waals surface area contributed by atoms with Crippen LogP contribution in [-0.4, -0.2) is 13.2 Å². The maximum absolute atomic E-state index is 5.74. The van der Waals surface area contributed by atoms with Gasteiger partial charge in [0.1, 0.15) is 24.7 Å². The van der Waals surface area contributed by atoms with Crippen molar-refractivity contribution in [1.82, 2.24) is 0 Å². The Morgan fingerprint density at radius 2 is 1.74 bits per heavy atom. The Bertz CT molecular complexity index is 526. The van der Waals surface area contributed by atoms with Gasteiger partial charge in [-0.05, 0) is 36.2 Å². The molecule has 0 N–H and O–H groups in total. The first-order valence-electron chi connectivity index (χ1n) is 6.38. The molecule has 0 atom stereocenters. The minimum Gasteiger partial charge on any atom is -0.490 e. The fourth-order valence-electron chi connectivity index (χ4n) is 1.80. The van der Waals surface area contributed by atoms with Crippen molar-refractivity contribution in [3.05, 3.63) is 58.6 Å². The van der Waals surface area contributed by atoms with E-state index >= 15 is 0 Å². The lowest BCUT2D eigenvalue weighted by Gasteiger charge is -2.11. The minimum atomic E-state index is 0.536. The molecule has 2 nitrogen and oxygen atoms in total. The van der Waals surface area contributed by atoms with Gasteiger partial charge in [-0.25, -0.2) is 0 Å². The van der Waals surface area contributed by atoms with Crippen molar-refractivity contribution < 1.29 is 9.47 Å². The SMILES string of the molecule is CCc1ccccc1OCCOc1cccc(Br)c1. The highest BCUT2D eigenvalue weighted by Crippen LogP contribution is 2.19. The predicted molar refractivity (Wildman–Crippen MR) is 81.0 cm³/mol. The van der Waals surface area contributed by atoms with E-state index in [1.54, 1.807) is 0 Å². The van der Waals surface area contributed by atoms with Gasteiger partial charge in [-0.15, -0.1) is 0 Å². The van der Waals surface area contributed by atoms with Crippen LogP contribution in [0.4, 0.5) is 0 Å². The van der Waals surface area contributed by atoms with E-state index < -0.39 is 0 Å². The molecule has 0 amide bonds. The molecule has 2 aromatic rings. The maximum atomic E-state index is 5.74. The van der Waals surface area contributed by atoms with Gasteiger partial charge in [-0.3, -0.25) is 0 Å². The largest absolute Gasteiger partial charge is 0.490 e. The Kier molecular flexibility index (Phi) is 5.28. The van der Waals surface area contributed by atoms with E-state index in [0.717, 1.165) is 22.4 Å². The number of ether oxygens (including phenoxy) is 2. The van der Waals surface area contributed by atoms with Gasteiger partial charge in [0.2, 0.25) is 0 Å². The van der Waals surface area contributed by atoms with Gasteiger partial charge in [-0.1, -0.05) is 47.1 Å². The van der Waals surface area contributed by atoms with Crippen LogP contribution in [0.2, 0.25) is 0 Å². The van der Waals surface area contributed by atoms with E-state index in [4.69, 9.17) is 9.47 Å². The van der Waals surface area contributed by atoms with Gasteiger partial charge in [0.15, 0.2) is 0 Å². The molecular formula is C16H17BrO2. The molecule has 100 valence electrons. The zero-order valence-electron chi connectivity index (χ0n) is 10.9. The lowest BCUT2D eigenvalue weighted by atomic mass is 10.1. The number of hydrogen-bond donors (Lipinski definition) is 0. The first-order chi connectivity index (χ1) is 9.29. The van der Waals surface area contributed by atoms with Crippen LogP contribution >= 0.6 is 15.9 Å². The zero-order chi connectivity index (χ0) is 13.5. The Labute approximate surface area is 122 Å². The van der Waals surface area contributed by atoms with Gasteiger partial charge < -0.3 is 9.47 Å². The molecule has 0 saturated heterocycles. The third kappa shape index (κ3) is 4.28. The molecular weight excluding hydrogens is 304 g/mol. The molecule has 0 bridgehead atoms. The fraction of sp³-hybridized carbons (Fsp3) is 0.250. The molecule has 2 aromatic carbocycles. The predicted octanol–water partition coefficient (Wildman–Crippen LogP) is 4.47. The summed E-state index contributed by atoms with van der Waals surface area (Å²) < 4.78 is 12.4. The average molecular weight is 321 g/mol. The summed E-state index contributed by atoms with van der Waals surface area (Å²) in [5.41, 5.74) is 1.23. The van der Waals surface area contributed by atoms with Crippen molar-refractivity contribution in [3.63, 3.8) is 0 Å². The van der Waals surface area contributed by atoms with Gasteiger partial charge >= 0.3 is 0 Å². The summed E-state index contributed by atoms with van der Waals surface area (Å²) in [4.78, 5) is 0. The number of hydrogen-bond acceptors (Lipinski definition) is 2. The molecule has 0 aromatic heterocycles.